The third-order valence-corrected chi connectivity index (χ3v) is 2.14. The molecule has 14 heavy (non-hydrogen) atoms. The van der Waals surface area contributed by atoms with Crippen molar-refractivity contribution in [2.45, 2.75) is 0 Å². The summed E-state index contributed by atoms with van der Waals surface area (Å²) < 4.78 is 5.53. The van der Waals surface area contributed by atoms with Gasteiger partial charge in [-0.05, 0) is 12.1 Å². The largest absolute Gasteiger partial charge is 0.453 e. The fraction of sp³-hybridized carbons (Fsp3) is 0. The van der Waals surface area contributed by atoms with Gasteiger partial charge in [-0.2, -0.15) is 0 Å². The average Bonchev–Trinajstić information content (AvgIpc) is 2.56. The quantitative estimate of drug-likeness (QED) is 0.581. The van der Waals surface area contributed by atoms with Crippen molar-refractivity contribution in [3.63, 3.8) is 0 Å². The summed E-state index contributed by atoms with van der Waals surface area (Å²) in [4.78, 5) is 8.01. The van der Waals surface area contributed by atoms with Crippen LogP contribution in [0.25, 0.3) is 22.1 Å². The van der Waals surface area contributed by atoms with Crippen molar-refractivity contribution < 1.29 is 4.42 Å². The van der Waals surface area contributed by atoms with E-state index in [1.165, 1.54) is 0 Å². The average molecular weight is 185 g/mol. The van der Waals surface area contributed by atoms with E-state index >= 15 is 0 Å². The third kappa shape index (κ3) is 0.877. The molecule has 0 aliphatic carbocycles. The molecular weight excluding hydrogens is 178 g/mol. The normalized spacial score (nSPS) is 11.1. The van der Waals surface area contributed by atoms with Gasteiger partial charge in [0, 0.05) is 5.39 Å². The highest BCUT2D eigenvalue weighted by Gasteiger charge is 2.07. The van der Waals surface area contributed by atoms with Crippen LogP contribution in [0.15, 0.2) is 34.9 Å². The standard InChI is InChI=1S/C10H7N3O/c11-10-12-5-8-9(13-10)6-3-1-2-4-7(6)14-8/h1-5H,(H2,11,12,13). The van der Waals surface area contributed by atoms with Crippen LogP contribution in [0.5, 0.6) is 0 Å². The van der Waals surface area contributed by atoms with Crippen LogP contribution in [0.1, 0.15) is 0 Å². The minimum absolute atomic E-state index is 0.268. The molecule has 0 saturated heterocycles. The molecule has 4 nitrogen and oxygen atoms in total. The van der Waals surface area contributed by atoms with Gasteiger partial charge in [0.25, 0.3) is 0 Å². The summed E-state index contributed by atoms with van der Waals surface area (Å²) in [5.74, 6) is 0.268. The van der Waals surface area contributed by atoms with Crippen LogP contribution in [0, 0.1) is 0 Å². The first-order valence-electron chi connectivity index (χ1n) is 4.24. The molecule has 0 fully saturated rings. The molecule has 4 heteroatoms. The number of nitrogen functional groups attached to an aromatic ring is 1. The summed E-state index contributed by atoms with van der Waals surface area (Å²) >= 11 is 0. The van der Waals surface area contributed by atoms with E-state index in [1.807, 2.05) is 24.3 Å². The maximum absolute atomic E-state index is 5.53. The van der Waals surface area contributed by atoms with Gasteiger partial charge in [0.1, 0.15) is 11.1 Å². The van der Waals surface area contributed by atoms with Crippen LogP contribution in [0.3, 0.4) is 0 Å². The minimum Gasteiger partial charge on any atom is -0.453 e. The zero-order chi connectivity index (χ0) is 9.54. The van der Waals surface area contributed by atoms with E-state index in [2.05, 4.69) is 9.97 Å². The lowest BCUT2D eigenvalue weighted by atomic mass is 10.2. The summed E-state index contributed by atoms with van der Waals surface area (Å²) in [6.07, 6.45) is 1.59. The Morgan fingerprint density at radius 1 is 1.14 bits per heavy atom. The van der Waals surface area contributed by atoms with E-state index in [1.54, 1.807) is 6.20 Å². The molecule has 0 unspecified atom stereocenters. The molecule has 2 aromatic heterocycles. The molecule has 2 N–H and O–H groups in total. The Kier molecular flexibility index (Phi) is 1.28. The highest BCUT2D eigenvalue weighted by molar-refractivity contribution is 6.02. The van der Waals surface area contributed by atoms with Gasteiger partial charge in [-0.1, -0.05) is 12.1 Å². The fourth-order valence-corrected chi connectivity index (χ4v) is 1.52. The molecule has 0 aliphatic heterocycles. The predicted octanol–water partition coefficient (Wildman–Crippen LogP) is 1.96. The topological polar surface area (TPSA) is 64.9 Å². The van der Waals surface area contributed by atoms with Crippen LogP contribution in [0.4, 0.5) is 5.95 Å². The number of aromatic nitrogens is 2. The molecule has 0 atom stereocenters. The van der Waals surface area contributed by atoms with Crippen LogP contribution >= 0.6 is 0 Å². The molecule has 0 amide bonds. The van der Waals surface area contributed by atoms with Crippen molar-refractivity contribution in [1.82, 2.24) is 9.97 Å². The van der Waals surface area contributed by atoms with Crippen LogP contribution in [-0.4, -0.2) is 9.97 Å². The van der Waals surface area contributed by atoms with E-state index in [4.69, 9.17) is 10.2 Å². The summed E-state index contributed by atoms with van der Waals surface area (Å²) in [7, 11) is 0. The van der Waals surface area contributed by atoms with Crippen LogP contribution in [0.2, 0.25) is 0 Å². The molecular formula is C10H7N3O. The number of fused-ring (bicyclic) bond motifs is 3. The monoisotopic (exact) mass is 185 g/mol. The number of nitrogens with two attached hydrogens (primary N) is 1. The zero-order valence-electron chi connectivity index (χ0n) is 7.27. The lowest BCUT2D eigenvalue weighted by Crippen LogP contribution is -1.92. The van der Waals surface area contributed by atoms with Crippen molar-refractivity contribution in [2.75, 3.05) is 5.73 Å². The van der Waals surface area contributed by atoms with Crippen LogP contribution < -0.4 is 5.73 Å². The van der Waals surface area contributed by atoms with Crippen molar-refractivity contribution >= 4 is 28.0 Å². The molecule has 0 radical (unpaired) electrons. The lowest BCUT2D eigenvalue weighted by Gasteiger charge is -1.89. The first-order valence-corrected chi connectivity index (χ1v) is 4.24. The molecule has 0 aliphatic rings. The molecule has 0 bridgehead atoms. The molecule has 2 heterocycles. The van der Waals surface area contributed by atoms with Gasteiger partial charge in [0.2, 0.25) is 5.95 Å². The molecule has 0 spiro atoms. The van der Waals surface area contributed by atoms with E-state index in [0.29, 0.717) is 5.58 Å². The molecule has 3 aromatic rings. The Morgan fingerprint density at radius 3 is 2.93 bits per heavy atom. The van der Waals surface area contributed by atoms with E-state index in [0.717, 1.165) is 16.5 Å². The number of hydrogen-bond donors (Lipinski definition) is 1. The Balaban J connectivity index is 2.58. The minimum atomic E-state index is 0.268. The highest BCUT2D eigenvalue weighted by atomic mass is 16.3. The summed E-state index contributed by atoms with van der Waals surface area (Å²) in [6.45, 7) is 0. The Bertz CT molecular complexity index is 615. The van der Waals surface area contributed by atoms with Gasteiger partial charge in [0.05, 0.1) is 6.20 Å². The molecule has 68 valence electrons. The molecule has 3 rings (SSSR count). The Morgan fingerprint density at radius 2 is 2.00 bits per heavy atom. The van der Waals surface area contributed by atoms with Gasteiger partial charge in [-0.3, -0.25) is 0 Å². The molecule has 1 aromatic carbocycles. The van der Waals surface area contributed by atoms with Gasteiger partial charge >= 0.3 is 0 Å². The second-order valence-corrected chi connectivity index (χ2v) is 3.04. The second-order valence-electron chi connectivity index (χ2n) is 3.04. The summed E-state index contributed by atoms with van der Waals surface area (Å²) in [5.41, 5.74) is 7.76. The van der Waals surface area contributed by atoms with Gasteiger partial charge in [-0.15, -0.1) is 0 Å². The van der Waals surface area contributed by atoms with E-state index in [-0.39, 0.29) is 5.95 Å². The van der Waals surface area contributed by atoms with E-state index in [9.17, 15) is 0 Å². The van der Waals surface area contributed by atoms with Gasteiger partial charge in [0.15, 0.2) is 5.58 Å². The Hall–Kier alpha value is -2.10. The maximum atomic E-state index is 5.53. The van der Waals surface area contributed by atoms with E-state index < -0.39 is 0 Å². The van der Waals surface area contributed by atoms with Crippen molar-refractivity contribution in [1.29, 1.82) is 0 Å². The number of furan rings is 1. The lowest BCUT2D eigenvalue weighted by molar-refractivity contribution is 0.666. The van der Waals surface area contributed by atoms with Crippen LogP contribution in [-0.2, 0) is 0 Å². The first kappa shape index (κ1) is 7.32. The van der Waals surface area contributed by atoms with Crippen molar-refractivity contribution in [3.8, 4) is 0 Å². The Labute approximate surface area is 79.4 Å². The first-order chi connectivity index (χ1) is 6.84. The summed E-state index contributed by atoms with van der Waals surface area (Å²) in [5, 5.41) is 0.969. The smallest absolute Gasteiger partial charge is 0.220 e. The number of rotatable bonds is 0. The predicted molar refractivity (Wildman–Crippen MR) is 53.7 cm³/mol. The number of benzene rings is 1. The third-order valence-electron chi connectivity index (χ3n) is 2.14. The molecule has 0 saturated carbocycles. The van der Waals surface area contributed by atoms with Crippen molar-refractivity contribution in [2.24, 2.45) is 0 Å². The number of anilines is 1. The zero-order valence-corrected chi connectivity index (χ0v) is 7.27. The van der Waals surface area contributed by atoms with Gasteiger partial charge < -0.3 is 10.2 Å². The number of nitrogens with zero attached hydrogens (tertiary/aromatic N) is 2. The summed E-state index contributed by atoms with van der Waals surface area (Å²) in [6, 6.07) is 7.71. The maximum Gasteiger partial charge on any atom is 0.220 e. The van der Waals surface area contributed by atoms with Crippen molar-refractivity contribution in [3.05, 3.63) is 30.5 Å². The SMILES string of the molecule is Nc1ncc2oc3ccccc3c2n1. The fourth-order valence-electron chi connectivity index (χ4n) is 1.52. The number of hydrogen-bond acceptors (Lipinski definition) is 4. The van der Waals surface area contributed by atoms with Gasteiger partial charge in [-0.25, -0.2) is 9.97 Å². The highest BCUT2D eigenvalue weighted by Crippen LogP contribution is 2.26. The second kappa shape index (κ2) is 2.45. The number of para-hydroxylation sites is 1.